The van der Waals surface area contributed by atoms with E-state index in [1.54, 1.807) is 0 Å². The van der Waals surface area contributed by atoms with Crippen molar-refractivity contribution < 1.29 is 14.9 Å². The standard InChI is InChI=1S/C6H12O3/c7-6(8)5-3-1-2-4-9-5/h5-8H,1-4H2. The van der Waals surface area contributed by atoms with Crippen LogP contribution in [-0.2, 0) is 4.74 Å². The first-order valence-electron chi connectivity index (χ1n) is 3.28. The van der Waals surface area contributed by atoms with Gasteiger partial charge in [-0.2, -0.15) is 0 Å². The van der Waals surface area contributed by atoms with E-state index in [2.05, 4.69) is 0 Å². The third-order valence-corrected chi connectivity index (χ3v) is 1.55. The van der Waals surface area contributed by atoms with Crippen LogP contribution < -0.4 is 0 Å². The van der Waals surface area contributed by atoms with Crippen LogP contribution in [0.15, 0.2) is 0 Å². The van der Waals surface area contributed by atoms with E-state index in [1.165, 1.54) is 0 Å². The minimum Gasteiger partial charge on any atom is -0.373 e. The molecule has 1 unspecified atom stereocenters. The zero-order valence-electron chi connectivity index (χ0n) is 5.29. The van der Waals surface area contributed by atoms with Gasteiger partial charge >= 0.3 is 0 Å². The highest BCUT2D eigenvalue weighted by Gasteiger charge is 2.19. The average molecular weight is 132 g/mol. The van der Waals surface area contributed by atoms with Crippen LogP contribution in [0.1, 0.15) is 19.3 Å². The molecule has 0 aromatic carbocycles. The fourth-order valence-electron chi connectivity index (χ4n) is 1.00. The van der Waals surface area contributed by atoms with Crippen LogP contribution in [0, 0.1) is 0 Å². The molecule has 1 heterocycles. The van der Waals surface area contributed by atoms with Gasteiger partial charge in [0.05, 0.1) is 0 Å². The molecule has 0 bridgehead atoms. The van der Waals surface area contributed by atoms with Crippen LogP contribution in [0.3, 0.4) is 0 Å². The molecule has 1 aliphatic heterocycles. The summed E-state index contributed by atoms with van der Waals surface area (Å²) >= 11 is 0. The molecule has 1 aliphatic rings. The maximum atomic E-state index is 8.61. The Morgan fingerprint density at radius 3 is 2.44 bits per heavy atom. The van der Waals surface area contributed by atoms with Crippen LogP contribution in [0.5, 0.6) is 0 Å². The molecular weight excluding hydrogens is 120 g/mol. The molecule has 0 amide bonds. The second-order valence-electron chi connectivity index (χ2n) is 2.32. The number of rotatable bonds is 1. The van der Waals surface area contributed by atoms with Gasteiger partial charge in [-0.05, 0) is 19.3 Å². The van der Waals surface area contributed by atoms with E-state index in [1.807, 2.05) is 0 Å². The summed E-state index contributed by atoms with van der Waals surface area (Å²) in [5, 5.41) is 17.2. The zero-order chi connectivity index (χ0) is 6.69. The van der Waals surface area contributed by atoms with Crippen molar-refractivity contribution in [3.05, 3.63) is 0 Å². The van der Waals surface area contributed by atoms with Gasteiger partial charge in [0.1, 0.15) is 6.10 Å². The molecule has 1 fully saturated rings. The SMILES string of the molecule is OC(O)C1CCCCO1. The molecule has 54 valence electrons. The normalized spacial score (nSPS) is 29.0. The number of hydrogen-bond acceptors (Lipinski definition) is 3. The van der Waals surface area contributed by atoms with Crippen molar-refractivity contribution in [1.29, 1.82) is 0 Å². The molecular formula is C6H12O3. The fraction of sp³-hybridized carbons (Fsp3) is 1.00. The quantitative estimate of drug-likeness (QED) is 0.488. The predicted octanol–water partition coefficient (Wildman–Crippen LogP) is -0.134. The van der Waals surface area contributed by atoms with Crippen molar-refractivity contribution >= 4 is 0 Å². The molecule has 3 nitrogen and oxygen atoms in total. The molecule has 0 aromatic rings. The van der Waals surface area contributed by atoms with E-state index in [-0.39, 0.29) is 6.10 Å². The van der Waals surface area contributed by atoms with E-state index in [0.29, 0.717) is 6.61 Å². The Balaban J connectivity index is 2.23. The maximum Gasteiger partial charge on any atom is 0.178 e. The Morgan fingerprint density at radius 2 is 2.11 bits per heavy atom. The van der Waals surface area contributed by atoms with Gasteiger partial charge in [-0.15, -0.1) is 0 Å². The highest BCUT2D eigenvalue weighted by atomic mass is 16.6. The van der Waals surface area contributed by atoms with Crippen molar-refractivity contribution in [1.82, 2.24) is 0 Å². The molecule has 1 rings (SSSR count). The molecule has 2 N–H and O–H groups in total. The topological polar surface area (TPSA) is 49.7 Å². The molecule has 0 aliphatic carbocycles. The smallest absolute Gasteiger partial charge is 0.178 e. The Kier molecular flexibility index (Phi) is 2.45. The third kappa shape index (κ3) is 1.93. The summed E-state index contributed by atoms with van der Waals surface area (Å²) in [5.41, 5.74) is 0. The first-order valence-corrected chi connectivity index (χ1v) is 3.28. The van der Waals surface area contributed by atoms with Crippen molar-refractivity contribution in [2.75, 3.05) is 6.61 Å². The minimum absolute atomic E-state index is 0.334. The Morgan fingerprint density at radius 1 is 1.33 bits per heavy atom. The van der Waals surface area contributed by atoms with Gasteiger partial charge in [0.15, 0.2) is 6.29 Å². The van der Waals surface area contributed by atoms with Crippen molar-refractivity contribution in [2.24, 2.45) is 0 Å². The lowest BCUT2D eigenvalue weighted by atomic mass is 10.1. The predicted molar refractivity (Wildman–Crippen MR) is 31.8 cm³/mol. The lowest BCUT2D eigenvalue weighted by molar-refractivity contribution is -0.158. The number of ether oxygens (including phenoxy) is 1. The lowest BCUT2D eigenvalue weighted by Crippen LogP contribution is -2.31. The van der Waals surface area contributed by atoms with E-state index in [0.717, 1.165) is 19.3 Å². The van der Waals surface area contributed by atoms with Gasteiger partial charge in [0, 0.05) is 6.61 Å². The first-order chi connectivity index (χ1) is 4.30. The van der Waals surface area contributed by atoms with Crippen LogP contribution in [0.4, 0.5) is 0 Å². The monoisotopic (exact) mass is 132 g/mol. The molecule has 0 saturated carbocycles. The van der Waals surface area contributed by atoms with Gasteiger partial charge in [0.25, 0.3) is 0 Å². The zero-order valence-corrected chi connectivity index (χ0v) is 5.29. The van der Waals surface area contributed by atoms with Gasteiger partial charge in [-0.25, -0.2) is 0 Å². The van der Waals surface area contributed by atoms with Gasteiger partial charge < -0.3 is 14.9 Å². The Bertz CT molecular complexity index is 76.4. The number of hydrogen-bond donors (Lipinski definition) is 2. The van der Waals surface area contributed by atoms with Crippen molar-refractivity contribution in [2.45, 2.75) is 31.7 Å². The van der Waals surface area contributed by atoms with E-state index < -0.39 is 6.29 Å². The molecule has 0 aromatic heterocycles. The van der Waals surface area contributed by atoms with Crippen LogP contribution >= 0.6 is 0 Å². The Hall–Kier alpha value is -0.120. The highest BCUT2D eigenvalue weighted by molar-refractivity contribution is 4.63. The summed E-state index contributed by atoms with van der Waals surface area (Å²) in [7, 11) is 0. The number of aliphatic hydroxyl groups is 2. The molecule has 9 heavy (non-hydrogen) atoms. The molecule has 1 atom stereocenters. The van der Waals surface area contributed by atoms with Crippen LogP contribution in [0.25, 0.3) is 0 Å². The van der Waals surface area contributed by atoms with Gasteiger partial charge in [0.2, 0.25) is 0 Å². The maximum absolute atomic E-state index is 8.61. The molecule has 1 saturated heterocycles. The highest BCUT2D eigenvalue weighted by Crippen LogP contribution is 2.14. The minimum atomic E-state index is -1.29. The summed E-state index contributed by atoms with van der Waals surface area (Å²) in [6.45, 7) is 0.669. The van der Waals surface area contributed by atoms with Crippen LogP contribution in [-0.4, -0.2) is 29.2 Å². The second kappa shape index (κ2) is 3.15. The summed E-state index contributed by atoms with van der Waals surface area (Å²) in [6.07, 6.45) is 1.24. The van der Waals surface area contributed by atoms with Crippen molar-refractivity contribution in [3.8, 4) is 0 Å². The molecule has 0 spiro atoms. The van der Waals surface area contributed by atoms with Crippen LogP contribution in [0.2, 0.25) is 0 Å². The Labute approximate surface area is 54.3 Å². The summed E-state index contributed by atoms with van der Waals surface area (Å²) in [6, 6.07) is 0. The van der Waals surface area contributed by atoms with E-state index in [4.69, 9.17) is 14.9 Å². The first kappa shape index (κ1) is 6.99. The largest absolute Gasteiger partial charge is 0.373 e. The van der Waals surface area contributed by atoms with Gasteiger partial charge in [-0.1, -0.05) is 0 Å². The molecule has 3 heteroatoms. The summed E-state index contributed by atoms with van der Waals surface area (Å²) < 4.78 is 5.04. The van der Waals surface area contributed by atoms with E-state index >= 15 is 0 Å². The summed E-state index contributed by atoms with van der Waals surface area (Å²) in [5.74, 6) is 0. The summed E-state index contributed by atoms with van der Waals surface area (Å²) in [4.78, 5) is 0. The fourth-order valence-corrected chi connectivity index (χ4v) is 1.00. The van der Waals surface area contributed by atoms with Gasteiger partial charge in [-0.3, -0.25) is 0 Å². The van der Waals surface area contributed by atoms with Crippen molar-refractivity contribution in [3.63, 3.8) is 0 Å². The lowest BCUT2D eigenvalue weighted by Gasteiger charge is -2.23. The molecule has 0 radical (unpaired) electrons. The third-order valence-electron chi connectivity index (χ3n) is 1.55. The van der Waals surface area contributed by atoms with E-state index in [9.17, 15) is 0 Å². The average Bonchev–Trinajstić information content (AvgIpc) is 1.90. The second-order valence-corrected chi connectivity index (χ2v) is 2.32. The number of aliphatic hydroxyl groups excluding tert-OH is 1.